The molecule has 3 N–H and O–H groups in total. The molecule has 0 bridgehead atoms. The van der Waals surface area contributed by atoms with Crippen LogP contribution in [0.3, 0.4) is 0 Å². The van der Waals surface area contributed by atoms with Crippen molar-refractivity contribution in [3.63, 3.8) is 0 Å². The minimum Gasteiger partial charge on any atom is -0.494 e. The average molecular weight is 225 g/mol. The van der Waals surface area contributed by atoms with E-state index >= 15 is 0 Å². The first-order valence-corrected chi connectivity index (χ1v) is 5.47. The largest absolute Gasteiger partial charge is 0.494 e. The van der Waals surface area contributed by atoms with Crippen molar-refractivity contribution in [2.45, 2.75) is 19.5 Å². The second kappa shape index (κ2) is 7.22. The van der Waals surface area contributed by atoms with E-state index in [2.05, 4.69) is 5.32 Å². The molecule has 4 heteroatoms. The Labute approximate surface area is 95.9 Å². The Morgan fingerprint density at radius 1 is 1.31 bits per heavy atom. The molecule has 0 aliphatic heterocycles. The van der Waals surface area contributed by atoms with Gasteiger partial charge in [-0.15, -0.1) is 0 Å². The van der Waals surface area contributed by atoms with Crippen molar-refractivity contribution >= 4 is 0 Å². The summed E-state index contributed by atoms with van der Waals surface area (Å²) < 4.78 is 5.38. The normalized spacial score (nSPS) is 10.8. The molecule has 0 atom stereocenters. The van der Waals surface area contributed by atoms with Crippen LogP contribution in [0.1, 0.15) is 12.5 Å². The van der Waals surface area contributed by atoms with Gasteiger partial charge in [-0.2, -0.15) is 0 Å². The van der Waals surface area contributed by atoms with Crippen LogP contribution in [0.4, 0.5) is 0 Å². The van der Waals surface area contributed by atoms with Gasteiger partial charge in [0.1, 0.15) is 5.75 Å². The maximum absolute atomic E-state index is 8.90. The predicted molar refractivity (Wildman–Crippen MR) is 62.4 cm³/mol. The molecule has 0 spiro atoms. The maximum atomic E-state index is 8.90. The highest BCUT2D eigenvalue weighted by Gasteiger charge is 2.04. The van der Waals surface area contributed by atoms with E-state index in [0.717, 1.165) is 11.3 Å². The molecule has 0 radical (unpaired) electrons. The second-order valence-corrected chi connectivity index (χ2v) is 3.52. The quantitative estimate of drug-likeness (QED) is 0.633. The molecule has 1 aromatic carbocycles. The molecule has 16 heavy (non-hydrogen) atoms. The minimum absolute atomic E-state index is 0.0678. The zero-order valence-corrected chi connectivity index (χ0v) is 9.52. The molecule has 0 aromatic heterocycles. The van der Waals surface area contributed by atoms with Crippen LogP contribution in [0.25, 0.3) is 0 Å². The monoisotopic (exact) mass is 225 g/mol. The smallest absolute Gasteiger partial charge is 0.119 e. The van der Waals surface area contributed by atoms with Gasteiger partial charge in [0.25, 0.3) is 0 Å². The average Bonchev–Trinajstić information content (AvgIpc) is 2.31. The Balaban J connectivity index is 2.49. The Hall–Kier alpha value is -1.10. The standard InChI is InChI=1S/C12H19NO3/c1-2-16-12-5-3-4-10(6-12)7-13-11(8-14)9-15/h3-6,11,13-15H,2,7-9H2,1H3. The number of hydrogen-bond donors (Lipinski definition) is 3. The van der Waals surface area contributed by atoms with E-state index in [9.17, 15) is 0 Å². The van der Waals surface area contributed by atoms with Gasteiger partial charge in [0.05, 0.1) is 25.9 Å². The zero-order valence-electron chi connectivity index (χ0n) is 9.52. The molecule has 4 nitrogen and oxygen atoms in total. The number of aliphatic hydroxyl groups excluding tert-OH is 2. The highest BCUT2D eigenvalue weighted by molar-refractivity contribution is 5.28. The second-order valence-electron chi connectivity index (χ2n) is 3.52. The van der Waals surface area contributed by atoms with Crippen LogP contribution in [0, 0.1) is 0 Å². The molecular weight excluding hydrogens is 206 g/mol. The molecule has 0 heterocycles. The molecule has 0 amide bonds. The number of aliphatic hydroxyl groups is 2. The molecule has 0 saturated heterocycles. The third kappa shape index (κ3) is 4.18. The fraction of sp³-hybridized carbons (Fsp3) is 0.500. The van der Waals surface area contributed by atoms with Gasteiger partial charge in [0.15, 0.2) is 0 Å². The Morgan fingerprint density at radius 2 is 2.06 bits per heavy atom. The van der Waals surface area contributed by atoms with Crippen LogP contribution in [0.2, 0.25) is 0 Å². The van der Waals surface area contributed by atoms with E-state index < -0.39 is 0 Å². The number of rotatable bonds is 7. The van der Waals surface area contributed by atoms with Crippen LogP contribution in [0.5, 0.6) is 5.75 Å². The van der Waals surface area contributed by atoms with Crippen LogP contribution in [0.15, 0.2) is 24.3 Å². The van der Waals surface area contributed by atoms with E-state index in [1.54, 1.807) is 0 Å². The van der Waals surface area contributed by atoms with Gasteiger partial charge in [-0.1, -0.05) is 12.1 Å². The SMILES string of the molecule is CCOc1cccc(CNC(CO)CO)c1. The fourth-order valence-electron chi connectivity index (χ4n) is 1.36. The molecule has 0 aliphatic rings. The van der Waals surface area contributed by atoms with Crippen molar-refractivity contribution in [1.29, 1.82) is 0 Å². The summed E-state index contributed by atoms with van der Waals surface area (Å²) in [4.78, 5) is 0. The molecule has 0 aliphatic carbocycles. The first-order valence-electron chi connectivity index (χ1n) is 5.47. The van der Waals surface area contributed by atoms with Crippen molar-refractivity contribution in [2.24, 2.45) is 0 Å². The lowest BCUT2D eigenvalue weighted by Gasteiger charge is -2.13. The Bertz CT molecular complexity index is 300. The first kappa shape index (κ1) is 13.0. The summed E-state index contributed by atoms with van der Waals surface area (Å²) in [7, 11) is 0. The molecule has 1 rings (SSSR count). The molecular formula is C12H19NO3. The van der Waals surface area contributed by atoms with Gasteiger partial charge in [-0.3, -0.25) is 0 Å². The van der Waals surface area contributed by atoms with Gasteiger partial charge < -0.3 is 20.3 Å². The molecule has 0 unspecified atom stereocenters. The summed E-state index contributed by atoms with van der Waals surface area (Å²) >= 11 is 0. The minimum atomic E-state index is -0.268. The third-order valence-electron chi connectivity index (χ3n) is 2.25. The summed E-state index contributed by atoms with van der Waals surface area (Å²) in [6, 6.07) is 7.48. The highest BCUT2D eigenvalue weighted by atomic mass is 16.5. The number of ether oxygens (including phenoxy) is 1. The summed E-state index contributed by atoms with van der Waals surface area (Å²) in [6.07, 6.45) is 0. The summed E-state index contributed by atoms with van der Waals surface area (Å²) in [6.45, 7) is 3.06. The number of hydrogen-bond acceptors (Lipinski definition) is 4. The zero-order chi connectivity index (χ0) is 11.8. The maximum Gasteiger partial charge on any atom is 0.119 e. The summed E-state index contributed by atoms with van der Waals surface area (Å²) in [5.74, 6) is 0.839. The molecule has 1 aromatic rings. The molecule has 0 saturated carbocycles. The molecule has 90 valence electrons. The number of benzene rings is 1. The number of nitrogens with one attached hydrogen (secondary N) is 1. The van der Waals surface area contributed by atoms with Crippen molar-refractivity contribution < 1.29 is 14.9 Å². The predicted octanol–water partition coefficient (Wildman–Crippen LogP) is 0.528. The first-order chi connectivity index (χ1) is 7.80. The Kier molecular flexibility index (Phi) is 5.85. The van der Waals surface area contributed by atoms with E-state index in [1.165, 1.54) is 0 Å². The lowest BCUT2D eigenvalue weighted by molar-refractivity contribution is 0.170. The summed E-state index contributed by atoms with van der Waals surface area (Å²) in [5.41, 5.74) is 1.07. The third-order valence-corrected chi connectivity index (χ3v) is 2.25. The summed E-state index contributed by atoms with van der Waals surface area (Å²) in [5, 5.41) is 20.8. The lowest BCUT2D eigenvalue weighted by Crippen LogP contribution is -2.35. The van der Waals surface area contributed by atoms with Crippen molar-refractivity contribution in [3.8, 4) is 5.75 Å². The van der Waals surface area contributed by atoms with Crippen LogP contribution in [-0.2, 0) is 6.54 Å². The van der Waals surface area contributed by atoms with Crippen LogP contribution >= 0.6 is 0 Å². The van der Waals surface area contributed by atoms with E-state index in [1.807, 2.05) is 31.2 Å². The molecule has 0 fully saturated rings. The van der Waals surface area contributed by atoms with E-state index in [-0.39, 0.29) is 19.3 Å². The topological polar surface area (TPSA) is 61.7 Å². The highest BCUT2D eigenvalue weighted by Crippen LogP contribution is 2.13. The fourth-order valence-corrected chi connectivity index (χ4v) is 1.36. The van der Waals surface area contributed by atoms with Crippen molar-refractivity contribution in [3.05, 3.63) is 29.8 Å². The van der Waals surface area contributed by atoms with Gasteiger partial charge in [-0.25, -0.2) is 0 Å². The van der Waals surface area contributed by atoms with Crippen molar-refractivity contribution in [1.82, 2.24) is 5.32 Å². The lowest BCUT2D eigenvalue weighted by atomic mass is 10.2. The van der Waals surface area contributed by atoms with Gasteiger partial charge >= 0.3 is 0 Å². The van der Waals surface area contributed by atoms with Gasteiger partial charge in [0, 0.05) is 6.54 Å². The van der Waals surface area contributed by atoms with E-state index in [4.69, 9.17) is 14.9 Å². The van der Waals surface area contributed by atoms with Crippen LogP contribution in [-0.4, -0.2) is 36.1 Å². The van der Waals surface area contributed by atoms with Crippen molar-refractivity contribution in [2.75, 3.05) is 19.8 Å². The van der Waals surface area contributed by atoms with Crippen LogP contribution < -0.4 is 10.1 Å². The van der Waals surface area contributed by atoms with Gasteiger partial charge in [-0.05, 0) is 24.6 Å². The van der Waals surface area contributed by atoms with Gasteiger partial charge in [0.2, 0.25) is 0 Å². The Morgan fingerprint density at radius 3 is 2.69 bits per heavy atom. The van der Waals surface area contributed by atoms with E-state index in [0.29, 0.717) is 13.2 Å².